The Balaban J connectivity index is 1.53. The SMILES string of the molecule is C#C[C@@H]1CN(C(=O)[C@H](c2cc(-c3csc(N4CCN(C)CC4)n3)ccc2C(N)=O)C(C)(C)C)[C@@H]2C(=O)CO[C@H]12. The van der Waals surface area contributed by atoms with Gasteiger partial charge in [0.05, 0.1) is 17.5 Å². The summed E-state index contributed by atoms with van der Waals surface area (Å²) in [5.41, 5.74) is 7.60. The summed E-state index contributed by atoms with van der Waals surface area (Å²) >= 11 is 1.58. The molecule has 39 heavy (non-hydrogen) atoms. The number of anilines is 1. The lowest BCUT2D eigenvalue weighted by Crippen LogP contribution is -2.47. The Bertz CT molecular complexity index is 1330. The number of primary amides is 1. The number of aromatic nitrogens is 1. The van der Waals surface area contributed by atoms with Crippen molar-refractivity contribution in [3.05, 3.63) is 34.7 Å². The van der Waals surface area contributed by atoms with Crippen LogP contribution in [-0.4, -0.2) is 90.9 Å². The number of rotatable bonds is 5. The number of hydrogen-bond donors (Lipinski definition) is 1. The van der Waals surface area contributed by atoms with E-state index in [4.69, 9.17) is 21.9 Å². The van der Waals surface area contributed by atoms with Crippen LogP contribution in [0.4, 0.5) is 5.13 Å². The number of thiazole rings is 1. The van der Waals surface area contributed by atoms with Crippen LogP contribution in [0.1, 0.15) is 42.6 Å². The minimum absolute atomic E-state index is 0.0566. The molecule has 0 unspecified atom stereocenters. The molecule has 0 aliphatic carbocycles. The molecule has 0 spiro atoms. The Labute approximate surface area is 233 Å². The monoisotopic (exact) mass is 549 g/mol. The zero-order valence-corrected chi connectivity index (χ0v) is 23.7. The Morgan fingerprint density at radius 3 is 2.59 bits per heavy atom. The second-order valence-electron chi connectivity index (χ2n) is 11.7. The zero-order valence-electron chi connectivity index (χ0n) is 22.8. The van der Waals surface area contributed by atoms with Gasteiger partial charge in [-0.3, -0.25) is 14.4 Å². The molecule has 0 radical (unpaired) electrons. The van der Waals surface area contributed by atoms with Crippen molar-refractivity contribution in [3.63, 3.8) is 0 Å². The van der Waals surface area contributed by atoms with Gasteiger partial charge in [-0.25, -0.2) is 4.98 Å². The highest BCUT2D eigenvalue weighted by Crippen LogP contribution is 2.43. The van der Waals surface area contributed by atoms with Crippen LogP contribution in [0.2, 0.25) is 0 Å². The van der Waals surface area contributed by atoms with Crippen molar-refractivity contribution in [1.29, 1.82) is 0 Å². The Morgan fingerprint density at radius 2 is 1.95 bits per heavy atom. The summed E-state index contributed by atoms with van der Waals surface area (Å²) in [5.74, 6) is 0.552. The summed E-state index contributed by atoms with van der Waals surface area (Å²) in [4.78, 5) is 50.6. The summed E-state index contributed by atoms with van der Waals surface area (Å²) in [7, 11) is 2.12. The molecule has 3 saturated heterocycles. The quantitative estimate of drug-likeness (QED) is 0.570. The molecule has 3 fully saturated rings. The van der Waals surface area contributed by atoms with Crippen LogP contribution >= 0.6 is 11.3 Å². The minimum atomic E-state index is -0.749. The van der Waals surface area contributed by atoms with Gasteiger partial charge in [-0.15, -0.1) is 17.8 Å². The van der Waals surface area contributed by atoms with Crippen LogP contribution in [0, 0.1) is 23.7 Å². The molecule has 2 N–H and O–H groups in total. The minimum Gasteiger partial charge on any atom is -0.366 e. The van der Waals surface area contributed by atoms with Crippen LogP contribution in [0.15, 0.2) is 23.6 Å². The van der Waals surface area contributed by atoms with Crippen LogP contribution in [0.3, 0.4) is 0 Å². The first-order chi connectivity index (χ1) is 18.5. The molecular weight excluding hydrogens is 514 g/mol. The van der Waals surface area contributed by atoms with Gasteiger partial charge in [0.2, 0.25) is 11.8 Å². The average Bonchev–Trinajstić information content (AvgIpc) is 3.61. The van der Waals surface area contributed by atoms with E-state index in [1.165, 1.54) is 0 Å². The largest absolute Gasteiger partial charge is 0.366 e. The maximum atomic E-state index is 14.3. The molecule has 10 heteroatoms. The van der Waals surface area contributed by atoms with Crippen LogP contribution < -0.4 is 10.6 Å². The summed E-state index contributed by atoms with van der Waals surface area (Å²) in [6.45, 7) is 9.79. The number of carbonyl (C=O) groups excluding carboxylic acids is 3. The van der Waals surface area contributed by atoms with Crippen molar-refractivity contribution in [3.8, 4) is 23.6 Å². The van der Waals surface area contributed by atoms with Gasteiger partial charge in [0.15, 0.2) is 10.9 Å². The molecule has 3 aliphatic heterocycles. The van der Waals surface area contributed by atoms with Crippen molar-refractivity contribution in [2.75, 3.05) is 51.3 Å². The number of amides is 2. The molecule has 5 rings (SSSR count). The summed E-state index contributed by atoms with van der Waals surface area (Å²) in [6, 6.07) is 4.64. The molecule has 0 bridgehead atoms. The predicted octanol–water partition coefficient (Wildman–Crippen LogP) is 2.22. The van der Waals surface area contributed by atoms with Crippen molar-refractivity contribution in [1.82, 2.24) is 14.8 Å². The number of ether oxygens (including phenoxy) is 1. The van der Waals surface area contributed by atoms with E-state index in [0.717, 1.165) is 42.6 Å². The number of terminal acetylenes is 1. The van der Waals surface area contributed by atoms with E-state index >= 15 is 0 Å². The number of ketones is 1. The molecular formula is C29H35N5O4S. The lowest BCUT2D eigenvalue weighted by molar-refractivity contribution is -0.139. The second-order valence-corrected chi connectivity index (χ2v) is 12.6. The van der Waals surface area contributed by atoms with Crippen molar-refractivity contribution in [2.24, 2.45) is 17.1 Å². The fourth-order valence-electron chi connectivity index (χ4n) is 5.89. The van der Waals surface area contributed by atoms with Crippen LogP contribution in [-0.2, 0) is 14.3 Å². The van der Waals surface area contributed by atoms with Gasteiger partial charge in [0.1, 0.15) is 18.8 Å². The third-order valence-corrected chi connectivity index (χ3v) is 8.89. The van der Waals surface area contributed by atoms with Gasteiger partial charge >= 0.3 is 0 Å². The fourth-order valence-corrected chi connectivity index (χ4v) is 6.78. The number of fused-ring (bicyclic) bond motifs is 1. The topological polar surface area (TPSA) is 109 Å². The molecule has 2 aromatic rings. The first kappa shape index (κ1) is 27.3. The molecule has 0 saturated carbocycles. The van der Waals surface area contributed by atoms with Gasteiger partial charge in [0.25, 0.3) is 0 Å². The number of likely N-dealkylation sites (N-methyl/N-ethyl adjacent to an activating group) is 1. The summed E-state index contributed by atoms with van der Waals surface area (Å²) in [6.07, 6.45) is 5.23. The van der Waals surface area contributed by atoms with Gasteiger partial charge in [-0.2, -0.15) is 0 Å². The number of Topliss-reactive ketones (excluding diaryl/α,β-unsaturated/α-hetero) is 1. The second kappa shape index (κ2) is 10.4. The third kappa shape index (κ3) is 5.07. The van der Waals surface area contributed by atoms with Crippen molar-refractivity contribution < 1.29 is 19.1 Å². The zero-order chi connectivity index (χ0) is 28.1. The van der Waals surface area contributed by atoms with E-state index in [2.05, 4.69) is 22.8 Å². The lowest BCUT2D eigenvalue weighted by Gasteiger charge is -2.35. The molecule has 9 nitrogen and oxygen atoms in total. The average molecular weight is 550 g/mol. The molecule has 2 amide bonds. The number of hydrogen-bond acceptors (Lipinski definition) is 8. The molecule has 4 heterocycles. The van der Waals surface area contributed by atoms with Crippen LogP contribution in [0.25, 0.3) is 11.3 Å². The number of likely N-dealkylation sites (tertiary alicyclic amines) is 1. The van der Waals surface area contributed by atoms with E-state index in [1.54, 1.807) is 22.3 Å². The maximum absolute atomic E-state index is 14.3. The Morgan fingerprint density at radius 1 is 1.23 bits per heavy atom. The summed E-state index contributed by atoms with van der Waals surface area (Å²) in [5, 5.41) is 2.95. The first-order valence-electron chi connectivity index (χ1n) is 13.2. The number of benzene rings is 1. The lowest BCUT2D eigenvalue weighted by atomic mass is 9.73. The van der Waals surface area contributed by atoms with Crippen molar-refractivity contribution >= 4 is 34.1 Å². The molecule has 3 aliphatic rings. The first-order valence-corrected chi connectivity index (χ1v) is 14.1. The maximum Gasteiger partial charge on any atom is 0.249 e. The highest BCUT2D eigenvalue weighted by molar-refractivity contribution is 7.14. The van der Waals surface area contributed by atoms with E-state index in [9.17, 15) is 14.4 Å². The van der Waals surface area contributed by atoms with E-state index in [1.807, 2.05) is 38.3 Å². The number of piperazine rings is 1. The van der Waals surface area contributed by atoms with Gasteiger partial charge in [-0.1, -0.05) is 32.8 Å². The standard InChI is InChI=1S/C29H35N5O4S/c1-6-17-14-34(24-22(35)15-38-25(17)24)27(37)23(29(2,3)4)20-13-18(7-8-19(20)26(30)36)21-16-39-28(31-21)33-11-9-32(5)10-12-33/h1,7-8,13,16-17,23-25H,9-12,14-15H2,2-5H3,(H2,30,36)/t17-,23+,24-,25-/m1/s1. The normalized spacial score (nSPS) is 24.5. The molecule has 1 aromatic heterocycles. The Kier molecular flexibility index (Phi) is 7.27. The van der Waals surface area contributed by atoms with E-state index in [0.29, 0.717) is 5.56 Å². The van der Waals surface area contributed by atoms with Gasteiger partial charge in [0, 0.05) is 49.2 Å². The fraction of sp³-hybridized carbons (Fsp3) is 0.517. The van der Waals surface area contributed by atoms with Crippen LogP contribution in [0.5, 0.6) is 0 Å². The van der Waals surface area contributed by atoms with Gasteiger partial charge in [-0.05, 0) is 30.2 Å². The van der Waals surface area contributed by atoms with E-state index < -0.39 is 29.4 Å². The molecule has 4 atom stereocenters. The predicted molar refractivity (Wildman–Crippen MR) is 151 cm³/mol. The number of carbonyl (C=O) groups is 3. The molecule has 206 valence electrons. The Hall–Kier alpha value is -3.26. The highest BCUT2D eigenvalue weighted by Gasteiger charge is 2.54. The molecule has 1 aromatic carbocycles. The number of nitrogens with zero attached hydrogens (tertiary/aromatic N) is 4. The van der Waals surface area contributed by atoms with Crippen molar-refractivity contribution in [2.45, 2.75) is 38.8 Å². The third-order valence-electron chi connectivity index (χ3n) is 7.98. The smallest absolute Gasteiger partial charge is 0.249 e. The van der Waals surface area contributed by atoms with E-state index in [-0.39, 0.29) is 36.3 Å². The number of nitrogens with two attached hydrogens (primary N) is 1. The van der Waals surface area contributed by atoms with Gasteiger partial charge < -0.3 is 25.2 Å². The summed E-state index contributed by atoms with van der Waals surface area (Å²) < 4.78 is 5.67. The highest BCUT2D eigenvalue weighted by atomic mass is 32.1.